The average Bonchev–Trinajstić information content (AvgIpc) is 2.35. The summed E-state index contributed by atoms with van der Waals surface area (Å²) in [5.74, 6) is -0.0511. The number of anilines is 1. The molecule has 5 heteroatoms. The molecule has 1 aromatic carbocycles. The molecule has 1 saturated heterocycles. The van der Waals surface area contributed by atoms with Crippen LogP contribution in [-0.4, -0.2) is 37.4 Å². The first-order chi connectivity index (χ1) is 8.74. The first-order valence-corrected chi connectivity index (χ1v) is 6.45. The van der Waals surface area contributed by atoms with Crippen LogP contribution in [0.15, 0.2) is 18.2 Å². The minimum absolute atomic E-state index is 0.0566. The number of hydrogen-bond donors (Lipinski definition) is 0. The second kappa shape index (κ2) is 4.53. The van der Waals surface area contributed by atoms with Crippen molar-refractivity contribution in [1.29, 1.82) is 0 Å². The lowest BCUT2D eigenvalue weighted by Crippen LogP contribution is -2.58. The smallest absolute Gasteiger partial charge is 0.253 e. The van der Waals surface area contributed by atoms with Gasteiger partial charge in [-0.05, 0) is 32.0 Å². The Morgan fingerprint density at radius 1 is 1.37 bits per heavy atom. The Bertz CT molecular complexity index is 552. The molecule has 0 atom stereocenters. The van der Waals surface area contributed by atoms with Gasteiger partial charge in [-0.3, -0.25) is 9.59 Å². The molecule has 102 valence electrons. The topological polar surface area (TPSA) is 40.6 Å². The third-order valence-corrected chi connectivity index (χ3v) is 3.57. The molecule has 4 nitrogen and oxygen atoms in total. The van der Waals surface area contributed by atoms with Gasteiger partial charge in [-0.1, -0.05) is 11.6 Å². The van der Waals surface area contributed by atoms with Crippen molar-refractivity contribution in [3.05, 3.63) is 28.8 Å². The van der Waals surface area contributed by atoms with Gasteiger partial charge in [-0.15, -0.1) is 0 Å². The van der Waals surface area contributed by atoms with Gasteiger partial charge >= 0.3 is 0 Å². The Balaban J connectivity index is 2.27. The van der Waals surface area contributed by atoms with Gasteiger partial charge in [0.05, 0.1) is 16.1 Å². The number of nitrogens with zero attached hydrogens (tertiary/aromatic N) is 2. The van der Waals surface area contributed by atoms with Crippen LogP contribution in [0.3, 0.4) is 0 Å². The summed E-state index contributed by atoms with van der Waals surface area (Å²) in [7, 11) is 3.37. The first-order valence-electron chi connectivity index (χ1n) is 6.07. The van der Waals surface area contributed by atoms with Crippen molar-refractivity contribution in [2.75, 3.05) is 25.5 Å². The molecule has 0 N–H and O–H groups in total. The van der Waals surface area contributed by atoms with Gasteiger partial charge in [0, 0.05) is 26.2 Å². The molecule has 0 bridgehead atoms. The van der Waals surface area contributed by atoms with Crippen molar-refractivity contribution in [1.82, 2.24) is 4.90 Å². The summed E-state index contributed by atoms with van der Waals surface area (Å²) in [6, 6.07) is 5.03. The molecule has 1 aliphatic heterocycles. The number of carbonyl (C=O) groups is 2. The van der Waals surface area contributed by atoms with E-state index in [1.165, 1.54) is 4.90 Å². The lowest BCUT2D eigenvalue weighted by molar-refractivity contribution is -0.132. The van der Waals surface area contributed by atoms with E-state index in [-0.39, 0.29) is 17.2 Å². The normalized spacial score (nSPS) is 17.1. The van der Waals surface area contributed by atoms with E-state index in [9.17, 15) is 9.59 Å². The lowest BCUT2D eigenvalue weighted by Gasteiger charge is -2.44. The molecule has 0 radical (unpaired) electrons. The van der Waals surface area contributed by atoms with Crippen molar-refractivity contribution in [2.45, 2.75) is 13.8 Å². The van der Waals surface area contributed by atoms with Gasteiger partial charge < -0.3 is 9.80 Å². The second-order valence-corrected chi connectivity index (χ2v) is 6.05. The first kappa shape index (κ1) is 13.9. The van der Waals surface area contributed by atoms with Crippen LogP contribution in [0.2, 0.25) is 5.02 Å². The molecular formula is C14H17ClN2O2. The molecule has 1 fully saturated rings. The summed E-state index contributed by atoms with van der Waals surface area (Å²) in [5.41, 5.74) is 0.869. The van der Waals surface area contributed by atoms with Crippen LogP contribution in [-0.2, 0) is 4.79 Å². The Morgan fingerprint density at radius 3 is 2.42 bits per heavy atom. The number of halogens is 1. The standard InChI is InChI=1S/C14H17ClN2O2/c1-14(2)8-17(13(14)19)11-6-5-9(7-10(11)15)12(18)16(3)4/h5-7H,8H2,1-4H3. The zero-order valence-electron chi connectivity index (χ0n) is 11.5. The molecule has 1 heterocycles. The highest BCUT2D eigenvalue weighted by atomic mass is 35.5. The number of rotatable bonds is 2. The highest BCUT2D eigenvalue weighted by Gasteiger charge is 2.45. The third kappa shape index (κ3) is 2.32. The predicted molar refractivity (Wildman–Crippen MR) is 75.6 cm³/mol. The van der Waals surface area contributed by atoms with E-state index < -0.39 is 0 Å². The Hall–Kier alpha value is -1.55. The summed E-state index contributed by atoms with van der Waals surface area (Å²) in [6.07, 6.45) is 0. The van der Waals surface area contributed by atoms with Crippen LogP contribution in [0.1, 0.15) is 24.2 Å². The Kier molecular flexibility index (Phi) is 3.31. The summed E-state index contributed by atoms with van der Waals surface area (Å²) in [5, 5.41) is 0.427. The molecule has 2 amide bonds. The molecule has 0 aromatic heterocycles. The number of amides is 2. The molecular weight excluding hydrogens is 264 g/mol. The van der Waals surface area contributed by atoms with Crippen LogP contribution in [0.5, 0.6) is 0 Å². The van der Waals surface area contributed by atoms with E-state index in [1.807, 2.05) is 13.8 Å². The van der Waals surface area contributed by atoms with E-state index in [1.54, 1.807) is 37.2 Å². The van der Waals surface area contributed by atoms with Gasteiger partial charge in [-0.2, -0.15) is 0 Å². The van der Waals surface area contributed by atoms with E-state index >= 15 is 0 Å². The minimum atomic E-state index is -0.318. The van der Waals surface area contributed by atoms with E-state index in [4.69, 9.17) is 11.6 Å². The molecule has 0 aliphatic carbocycles. The van der Waals surface area contributed by atoms with Crippen LogP contribution in [0.25, 0.3) is 0 Å². The minimum Gasteiger partial charge on any atom is -0.345 e. The van der Waals surface area contributed by atoms with Gasteiger partial charge in [0.25, 0.3) is 5.91 Å². The zero-order valence-corrected chi connectivity index (χ0v) is 12.3. The molecule has 1 aliphatic rings. The fourth-order valence-corrected chi connectivity index (χ4v) is 2.40. The zero-order chi connectivity index (χ0) is 14.4. The van der Waals surface area contributed by atoms with Crippen LogP contribution >= 0.6 is 11.6 Å². The van der Waals surface area contributed by atoms with E-state index in [0.717, 1.165) is 0 Å². The fraction of sp³-hybridized carbons (Fsp3) is 0.429. The SMILES string of the molecule is CN(C)C(=O)c1ccc(N2CC(C)(C)C2=O)c(Cl)c1. The van der Waals surface area contributed by atoms with Crippen molar-refractivity contribution in [3.63, 3.8) is 0 Å². The van der Waals surface area contributed by atoms with Crippen molar-refractivity contribution < 1.29 is 9.59 Å². The molecule has 1 aromatic rings. The molecule has 19 heavy (non-hydrogen) atoms. The highest BCUT2D eigenvalue weighted by Crippen LogP contribution is 2.38. The van der Waals surface area contributed by atoms with Gasteiger partial charge in [-0.25, -0.2) is 0 Å². The van der Waals surface area contributed by atoms with Crippen molar-refractivity contribution in [3.8, 4) is 0 Å². The Labute approximate surface area is 117 Å². The molecule has 0 unspecified atom stereocenters. The maximum Gasteiger partial charge on any atom is 0.253 e. The maximum absolute atomic E-state index is 12.0. The van der Waals surface area contributed by atoms with Gasteiger partial charge in [0.15, 0.2) is 0 Å². The molecule has 0 saturated carbocycles. The van der Waals surface area contributed by atoms with Crippen LogP contribution in [0.4, 0.5) is 5.69 Å². The lowest BCUT2D eigenvalue weighted by atomic mass is 9.82. The van der Waals surface area contributed by atoms with Crippen molar-refractivity contribution >= 4 is 29.1 Å². The van der Waals surface area contributed by atoms with Crippen LogP contribution in [0, 0.1) is 5.41 Å². The van der Waals surface area contributed by atoms with Crippen LogP contribution < -0.4 is 4.90 Å². The maximum atomic E-state index is 12.0. The highest BCUT2D eigenvalue weighted by molar-refractivity contribution is 6.34. The Morgan fingerprint density at radius 2 is 2.00 bits per heavy atom. The number of β-lactam (4-membered cyclic amide) rings is 1. The summed E-state index contributed by atoms with van der Waals surface area (Å²) in [6.45, 7) is 4.46. The average molecular weight is 281 g/mol. The molecule has 0 spiro atoms. The van der Waals surface area contributed by atoms with Gasteiger partial charge in [0.2, 0.25) is 5.91 Å². The summed E-state index contributed by atoms with van der Waals surface area (Å²) >= 11 is 6.18. The summed E-state index contributed by atoms with van der Waals surface area (Å²) < 4.78 is 0. The monoisotopic (exact) mass is 280 g/mol. The fourth-order valence-electron chi connectivity index (χ4n) is 2.12. The number of benzene rings is 1. The predicted octanol–water partition coefficient (Wildman–Crippen LogP) is 2.41. The van der Waals surface area contributed by atoms with Gasteiger partial charge in [0.1, 0.15) is 0 Å². The second-order valence-electron chi connectivity index (χ2n) is 5.64. The van der Waals surface area contributed by atoms with E-state index in [0.29, 0.717) is 22.8 Å². The number of hydrogen-bond acceptors (Lipinski definition) is 2. The largest absolute Gasteiger partial charge is 0.345 e. The summed E-state index contributed by atoms with van der Waals surface area (Å²) in [4.78, 5) is 26.9. The number of carbonyl (C=O) groups excluding carboxylic acids is 2. The third-order valence-electron chi connectivity index (χ3n) is 3.27. The van der Waals surface area contributed by atoms with E-state index in [2.05, 4.69) is 0 Å². The quantitative estimate of drug-likeness (QED) is 0.781. The molecule has 2 rings (SSSR count). The van der Waals surface area contributed by atoms with Crippen molar-refractivity contribution in [2.24, 2.45) is 5.41 Å².